The van der Waals surface area contributed by atoms with Gasteiger partial charge in [0.15, 0.2) is 0 Å². The lowest BCUT2D eigenvalue weighted by Gasteiger charge is -2.08. The highest BCUT2D eigenvalue weighted by atomic mass is 15.1. The first-order valence-corrected chi connectivity index (χ1v) is 6.07. The number of hydrogen-bond acceptors (Lipinski definition) is 3. The third kappa shape index (κ3) is 2.20. The molecule has 0 fully saturated rings. The molecule has 3 rings (SSSR count). The maximum Gasteiger partial charge on any atom is 0.145 e. The largest absolute Gasteiger partial charge is 0.399 e. The Morgan fingerprint density at radius 2 is 1.95 bits per heavy atom. The lowest BCUT2D eigenvalue weighted by atomic mass is 10.2. The van der Waals surface area contributed by atoms with Crippen molar-refractivity contribution in [3.8, 4) is 17.2 Å². The molecule has 94 valence electrons. The van der Waals surface area contributed by atoms with Crippen molar-refractivity contribution < 1.29 is 0 Å². The van der Waals surface area contributed by atoms with Gasteiger partial charge in [0.2, 0.25) is 0 Å². The molecule has 2 heterocycles. The maximum atomic E-state index is 5.82. The van der Waals surface area contributed by atoms with E-state index in [1.54, 1.807) is 6.20 Å². The normalized spacial score (nSPS) is 10.6. The van der Waals surface area contributed by atoms with Gasteiger partial charge in [-0.05, 0) is 31.2 Å². The van der Waals surface area contributed by atoms with Crippen LogP contribution in [0.1, 0.15) is 5.69 Å². The molecule has 19 heavy (non-hydrogen) atoms. The molecule has 0 aliphatic heterocycles. The van der Waals surface area contributed by atoms with E-state index in [-0.39, 0.29) is 0 Å². The van der Waals surface area contributed by atoms with Gasteiger partial charge >= 0.3 is 0 Å². The van der Waals surface area contributed by atoms with Gasteiger partial charge in [-0.1, -0.05) is 18.2 Å². The summed E-state index contributed by atoms with van der Waals surface area (Å²) in [6.07, 6.45) is 3.67. The van der Waals surface area contributed by atoms with Crippen molar-refractivity contribution in [2.24, 2.45) is 0 Å². The fourth-order valence-corrected chi connectivity index (χ4v) is 2.04. The molecular weight excluding hydrogens is 236 g/mol. The average Bonchev–Trinajstić information content (AvgIpc) is 2.88. The number of anilines is 1. The van der Waals surface area contributed by atoms with Crippen LogP contribution in [0.3, 0.4) is 0 Å². The van der Waals surface area contributed by atoms with E-state index in [9.17, 15) is 0 Å². The van der Waals surface area contributed by atoms with Crippen molar-refractivity contribution in [3.05, 3.63) is 60.6 Å². The van der Waals surface area contributed by atoms with Crippen molar-refractivity contribution in [2.75, 3.05) is 5.73 Å². The predicted octanol–water partition coefficient (Wildman–Crippen LogP) is 2.82. The van der Waals surface area contributed by atoms with Gasteiger partial charge in [-0.2, -0.15) is 0 Å². The minimum Gasteiger partial charge on any atom is -0.399 e. The molecule has 2 N–H and O–H groups in total. The molecule has 0 aliphatic carbocycles. The smallest absolute Gasteiger partial charge is 0.145 e. The molecule has 2 aromatic heterocycles. The summed E-state index contributed by atoms with van der Waals surface area (Å²) in [4.78, 5) is 8.92. The second kappa shape index (κ2) is 4.57. The molecule has 3 aromatic rings. The lowest BCUT2D eigenvalue weighted by molar-refractivity contribution is 0.984. The zero-order chi connectivity index (χ0) is 13.2. The first-order chi connectivity index (χ1) is 9.24. The molecule has 0 saturated carbocycles. The van der Waals surface area contributed by atoms with Crippen LogP contribution < -0.4 is 5.73 Å². The fourth-order valence-electron chi connectivity index (χ4n) is 2.04. The van der Waals surface area contributed by atoms with E-state index in [0.29, 0.717) is 0 Å². The summed E-state index contributed by atoms with van der Waals surface area (Å²) in [5.41, 5.74) is 8.51. The molecule has 0 atom stereocenters. The average molecular weight is 250 g/mol. The standard InChI is InChI=1S/C15H14N4/c1-11-4-2-7-14(18-11)19-9-8-17-15(19)12-5-3-6-13(16)10-12/h2-10H,16H2,1H3. The highest BCUT2D eigenvalue weighted by Gasteiger charge is 2.08. The molecule has 4 heteroatoms. The number of aromatic nitrogens is 3. The van der Waals surface area contributed by atoms with E-state index in [1.807, 2.05) is 60.2 Å². The van der Waals surface area contributed by atoms with Crippen LogP contribution in [0.25, 0.3) is 17.2 Å². The topological polar surface area (TPSA) is 56.7 Å². The Bertz CT molecular complexity index is 655. The Morgan fingerprint density at radius 1 is 1.11 bits per heavy atom. The van der Waals surface area contributed by atoms with Crippen LogP contribution >= 0.6 is 0 Å². The quantitative estimate of drug-likeness (QED) is 0.711. The highest BCUT2D eigenvalue weighted by molar-refractivity contribution is 5.62. The Hall–Kier alpha value is -2.62. The third-order valence-electron chi connectivity index (χ3n) is 2.91. The number of nitrogens with zero attached hydrogens (tertiary/aromatic N) is 3. The van der Waals surface area contributed by atoms with E-state index in [0.717, 1.165) is 28.6 Å². The Morgan fingerprint density at radius 3 is 2.74 bits per heavy atom. The minimum atomic E-state index is 0.726. The van der Waals surface area contributed by atoms with Crippen molar-refractivity contribution in [3.63, 3.8) is 0 Å². The molecule has 0 amide bonds. The van der Waals surface area contributed by atoms with Crippen LogP contribution in [0.5, 0.6) is 0 Å². The number of imidazole rings is 1. The van der Waals surface area contributed by atoms with E-state index in [4.69, 9.17) is 5.73 Å². The predicted molar refractivity (Wildman–Crippen MR) is 75.9 cm³/mol. The van der Waals surface area contributed by atoms with Crippen molar-refractivity contribution >= 4 is 5.69 Å². The molecule has 0 saturated heterocycles. The molecule has 1 aromatic carbocycles. The van der Waals surface area contributed by atoms with E-state index in [2.05, 4.69) is 9.97 Å². The van der Waals surface area contributed by atoms with Crippen molar-refractivity contribution in [2.45, 2.75) is 6.92 Å². The molecule has 0 radical (unpaired) electrons. The number of rotatable bonds is 2. The molecule has 0 spiro atoms. The maximum absolute atomic E-state index is 5.82. The summed E-state index contributed by atoms with van der Waals surface area (Å²) >= 11 is 0. The second-order valence-corrected chi connectivity index (χ2v) is 4.38. The molecule has 0 unspecified atom stereocenters. The van der Waals surface area contributed by atoms with Crippen LogP contribution in [0.15, 0.2) is 54.9 Å². The lowest BCUT2D eigenvalue weighted by Crippen LogP contribution is -2.00. The zero-order valence-corrected chi connectivity index (χ0v) is 10.6. The highest BCUT2D eigenvalue weighted by Crippen LogP contribution is 2.22. The van der Waals surface area contributed by atoms with Crippen LogP contribution in [0, 0.1) is 6.92 Å². The molecule has 4 nitrogen and oxygen atoms in total. The zero-order valence-electron chi connectivity index (χ0n) is 10.6. The van der Waals surface area contributed by atoms with Gasteiger partial charge in [-0.3, -0.25) is 4.57 Å². The number of benzene rings is 1. The van der Waals surface area contributed by atoms with E-state index in [1.165, 1.54) is 0 Å². The van der Waals surface area contributed by atoms with Gasteiger partial charge in [0.05, 0.1) is 0 Å². The number of nitrogen functional groups attached to an aromatic ring is 1. The summed E-state index contributed by atoms with van der Waals surface area (Å²) in [5.74, 6) is 1.69. The molecule has 0 bridgehead atoms. The summed E-state index contributed by atoms with van der Waals surface area (Å²) < 4.78 is 1.96. The van der Waals surface area contributed by atoms with Crippen LogP contribution in [-0.4, -0.2) is 14.5 Å². The summed E-state index contributed by atoms with van der Waals surface area (Å²) in [5, 5.41) is 0. The Kier molecular flexibility index (Phi) is 2.76. The number of aryl methyl sites for hydroxylation is 1. The van der Waals surface area contributed by atoms with Crippen molar-refractivity contribution in [1.82, 2.24) is 14.5 Å². The molecule has 0 aliphatic rings. The Labute approximate surface area is 111 Å². The van der Waals surface area contributed by atoms with Crippen LogP contribution in [0.4, 0.5) is 5.69 Å². The number of pyridine rings is 1. The van der Waals surface area contributed by atoms with Gasteiger partial charge in [0.1, 0.15) is 11.6 Å². The Balaban J connectivity index is 2.13. The SMILES string of the molecule is Cc1cccc(-n2ccnc2-c2cccc(N)c2)n1. The monoisotopic (exact) mass is 250 g/mol. The first kappa shape index (κ1) is 11.5. The van der Waals surface area contributed by atoms with Gasteiger partial charge in [0.25, 0.3) is 0 Å². The summed E-state index contributed by atoms with van der Waals surface area (Å²) in [6.45, 7) is 1.97. The summed E-state index contributed by atoms with van der Waals surface area (Å²) in [7, 11) is 0. The van der Waals surface area contributed by atoms with E-state index >= 15 is 0 Å². The van der Waals surface area contributed by atoms with Crippen LogP contribution in [0.2, 0.25) is 0 Å². The minimum absolute atomic E-state index is 0.726. The fraction of sp³-hybridized carbons (Fsp3) is 0.0667. The van der Waals surface area contributed by atoms with Crippen molar-refractivity contribution in [1.29, 1.82) is 0 Å². The van der Waals surface area contributed by atoms with Gasteiger partial charge in [0, 0.05) is 29.3 Å². The number of hydrogen-bond donors (Lipinski definition) is 1. The first-order valence-electron chi connectivity index (χ1n) is 6.07. The van der Waals surface area contributed by atoms with Gasteiger partial charge in [-0.15, -0.1) is 0 Å². The molecular formula is C15H14N4. The third-order valence-corrected chi connectivity index (χ3v) is 2.91. The van der Waals surface area contributed by atoms with Gasteiger partial charge < -0.3 is 5.73 Å². The van der Waals surface area contributed by atoms with Gasteiger partial charge in [-0.25, -0.2) is 9.97 Å². The van der Waals surface area contributed by atoms with Crippen LogP contribution in [-0.2, 0) is 0 Å². The summed E-state index contributed by atoms with van der Waals surface area (Å²) in [6, 6.07) is 13.6. The van der Waals surface area contributed by atoms with E-state index < -0.39 is 0 Å². The second-order valence-electron chi connectivity index (χ2n) is 4.38. The number of nitrogens with two attached hydrogens (primary N) is 1.